The first kappa shape index (κ1) is 26.5. The number of halogens is 1. The lowest BCUT2D eigenvalue weighted by molar-refractivity contribution is 0.167. The van der Waals surface area contributed by atoms with Crippen molar-refractivity contribution in [2.75, 3.05) is 32.9 Å². The first-order valence-electron chi connectivity index (χ1n) is 10.6. The van der Waals surface area contributed by atoms with Gasteiger partial charge in [0.1, 0.15) is 5.82 Å². The highest BCUT2D eigenvalue weighted by molar-refractivity contribution is 14.0. The van der Waals surface area contributed by atoms with E-state index < -0.39 is 0 Å². The van der Waals surface area contributed by atoms with Gasteiger partial charge in [0.2, 0.25) is 0 Å². The number of nitrogens with zero attached hydrogens (tertiary/aromatic N) is 5. The fourth-order valence-corrected chi connectivity index (χ4v) is 4.13. The van der Waals surface area contributed by atoms with Crippen LogP contribution in [-0.4, -0.2) is 70.6 Å². The van der Waals surface area contributed by atoms with Crippen molar-refractivity contribution in [2.24, 2.45) is 10.9 Å². The number of aryl methyl sites for hydroxylation is 1. The van der Waals surface area contributed by atoms with Gasteiger partial charge in [0, 0.05) is 51.7 Å². The van der Waals surface area contributed by atoms with Crippen molar-refractivity contribution in [1.29, 1.82) is 0 Å². The lowest BCUT2D eigenvalue weighted by Crippen LogP contribution is -2.50. The van der Waals surface area contributed by atoms with E-state index in [-0.39, 0.29) is 24.0 Å². The van der Waals surface area contributed by atoms with Gasteiger partial charge >= 0.3 is 0 Å². The van der Waals surface area contributed by atoms with E-state index in [9.17, 15) is 0 Å². The van der Waals surface area contributed by atoms with Gasteiger partial charge < -0.3 is 20.1 Å². The minimum Gasteiger partial charge on any atom is -0.356 e. The number of thioether (sulfide) groups is 1. The molecule has 1 fully saturated rings. The molecule has 2 rings (SSSR count). The minimum absolute atomic E-state index is 0. The number of likely N-dealkylation sites (tertiary alicyclic amines) is 1. The summed E-state index contributed by atoms with van der Waals surface area (Å²) >= 11 is 1.67. The molecule has 2 N–H and O–H groups in total. The highest BCUT2D eigenvalue weighted by Crippen LogP contribution is 2.17. The van der Waals surface area contributed by atoms with E-state index in [0.29, 0.717) is 18.0 Å². The molecular weight excluding hydrogens is 497 g/mol. The molecule has 1 aromatic heterocycles. The van der Waals surface area contributed by atoms with Crippen molar-refractivity contribution in [3.63, 3.8) is 0 Å². The molecule has 0 atom stereocenters. The normalized spacial score (nSPS) is 16.3. The molecule has 0 aliphatic carbocycles. The van der Waals surface area contributed by atoms with Crippen molar-refractivity contribution in [3.8, 4) is 0 Å². The molecule has 9 heteroatoms. The zero-order valence-electron chi connectivity index (χ0n) is 18.9. The molecule has 29 heavy (non-hydrogen) atoms. The number of hydrogen-bond donors (Lipinski definition) is 2. The van der Waals surface area contributed by atoms with Crippen molar-refractivity contribution in [2.45, 2.75) is 77.2 Å². The highest BCUT2D eigenvalue weighted by atomic mass is 127. The van der Waals surface area contributed by atoms with Crippen LogP contribution in [0.1, 0.15) is 52.8 Å². The lowest BCUT2D eigenvalue weighted by Gasteiger charge is -2.35. The predicted octanol–water partition coefficient (Wildman–Crippen LogP) is 3.24. The number of nitrogens with one attached hydrogen (secondary N) is 2. The Hall–Kier alpha value is -0.550. The summed E-state index contributed by atoms with van der Waals surface area (Å²) in [6.07, 6.45) is 6.35. The summed E-state index contributed by atoms with van der Waals surface area (Å²) < 4.78 is 2.27. The average molecular weight is 538 g/mol. The van der Waals surface area contributed by atoms with Gasteiger partial charge in [-0.2, -0.15) is 0 Å². The molecule has 7 nitrogen and oxygen atoms in total. The van der Waals surface area contributed by atoms with Gasteiger partial charge in [-0.1, -0.05) is 25.6 Å². The fraction of sp³-hybridized carbons (Fsp3) is 0.850. The summed E-state index contributed by atoms with van der Waals surface area (Å²) in [6.45, 7) is 13.2. The molecule has 0 unspecified atom stereocenters. The van der Waals surface area contributed by atoms with Crippen LogP contribution in [0, 0.1) is 5.92 Å². The number of piperidine rings is 1. The molecule has 1 aliphatic rings. The van der Waals surface area contributed by atoms with Crippen LogP contribution >= 0.6 is 35.7 Å². The maximum atomic E-state index is 4.41. The van der Waals surface area contributed by atoms with Crippen molar-refractivity contribution in [3.05, 3.63) is 5.82 Å². The smallest absolute Gasteiger partial charge is 0.191 e. The second-order valence-electron chi connectivity index (χ2n) is 8.26. The Balaban J connectivity index is 0.00000420. The predicted molar refractivity (Wildman–Crippen MR) is 135 cm³/mol. The van der Waals surface area contributed by atoms with Crippen LogP contribution in [0.25, 0.3) is 0 Å². The topological polar surface area (TPSA) is 70.4 Å². The Bertz CT molecular complexity index is 610. The number of hydrogen-bond acceptors (Lipinski definition) is 5. The van der Waals surface area contributed by atoms with Crippen molar-refractivity contribution >= 4 is 41.7 Å². The molecule has 0 bridgehead atoms. The molecule has 0 spiro atoms. The van der Waals surface area contributed by atoms with Gasteiger partial charge in [-0.3, -0.25) is 4.99 Å². The van der Waals surface area contributed by atoms with Crippen LogP contribution < -0.4 is 10.6 Å². The molecule has 2 heterocycles. The first-order chi connectivity index (χ1) is 13.4. The largest absolute Gasteiger partial charge is 0.356 e. The maximum absolute atomic E-state index is 4.41. The second-order valence-corrected chi connectivity index (χ2v) is 9.03. The zero-order valence-corrected chi connectivity index (χ0v) is 22.1. The molecule has 1 saturated heterocycles. The summed E-state index contributed by atoms with van der Waals surface area (Å²) in [5, 5.41) is 16.8. The quantitative estimate of drug-likeness (QED) is 0.166. The Morgan fingerprint density at radius 1 is 1.21 bits per heavy atom. The first-order valence-corrected chi connectivity index (χ1v) is 11.8. The highest BCUT2D eigenvalue weighted by Gasteiger charge is 2.21. The molecule has 0 aromatic carbocycles. The van der Waals surface area contributed by atoms with Gasteiger partial charge in [0.15, 0.2) is 11.1 Å². The summed E-state index contributed by atoms with van der Waals surface area (Å²) in [5.41, 5.74) is 0. The van der Waals surface area contributed by atoms with E-state index in [1.54, 1.807) is 11.8 Å². The Morgan fingerprint density at radius 3 is 2.45 bits per heavy atom. The van der Waals surface area contributed by atoms with Gasteiger partial charge in [0.05, 0.1) is 0 Å². The van der Waals surface area contributed by atoms with E-state index in [1.807, 2.05) is 7.05 Å². The van der Waals surface area contributed by atoms with E-state index in [0.717, 1.165) is 56.0 Å². The molecular formula is C20H40IN7S. The summed E-state index contributed by atoms with van der Waals surface area (Å²) in [5.74, 6) is 2.59. The molecule has 0 amide bonds. The summed E-state index contributed by atoms with van der Waals surface area (Å²) in [7, 11) is 1.85. The van der Waals surface area contributed by atoms with Gasteiger partial charge in [0.25, 0.3) is 0 Å². The third-order valence-corrected chi connectivity index (χ3v) is 5.88. The van der Waals surface area contributed by atoms with E-state index in [2.05, 4.69) is 69.2 Å². The average Bonchev–Trinajstić information content (AvgIpc) is 3.05. The SMILES string of the molecule is CN=C(NCCCc1nnc(SC)n1CC(C)C)NC1CCN(C(C)C)CC1.I. The fourth-order valence-electron chi connectivity index (χ4n) is 3.60. The lowest BCUT2D eigenvalue weighted by atomic mass is 10.0. The number of aliphatic imine (C=N–C) groups is 1. The Morgan fingerprint density at radius 2 is 1.90 bits per heavy atom. The second kappa shape index (κ2) is 13.7. The van der Waals surface area contributed by atoms with Crippen molar-refractivity contribution in [1.82, 2.24) is 30.3 Å². The Kier molecular flexibility index (Phi) is 12.5. The number of rotatable bonds is 9. The van der Waals surface area contributed by atoms with Gasteiger partial charge in [-0.15, -0.1) is 34.2 Å². The minimum atomic E-state index is 0. The van der Waals surface area contributed by atoms with Gasteiger partial charge in [-0.25, -0.2) is 0 Å². The van der Waals surface area contributed by atoms with Crippen LogP contribution in [0.5, 0.6) is 0 Å². The number of guanidine groups is 1. The third-order valence-electron chi connectivity index (χ3n) is 5.22. The maximum Gasteiger partial charge on any atom is 0.191 e. The third kappa shape index (κ3) is 8.61. The summed E-state index contributed by atoms with van der Waals surface area (Å²) in [6, 6.07) is 1.15. The monoisotopic (exact) mass is 537 g/mol. The molecule has 1 aliphatic heterocycles. The van der Waals surface area contributed by atoms with Crippen LogP contribution in [0.2, 0.25) is 0 Å². The van der Waals surface area contributed by atoms with Crippen LogP contribution in [0.15, 0.2) is 10.1 Å². The number of aromatic nitrogens is 3. The molecule has 0 radical (unpaired) electrons. The Labute approximate surface area is 198 Å². The van der Waals surface area contributed by atoms with Crippen LogP contribution in [0.3, 0.4) is 0 Å². The van der Waals surface area contributed by atoms with Crippen LogP contribution in [0.4, 0.5) is 0 Å². The standard InChI is InChI=1S/C20H39N7S.HI/c1-15(2)14-27-18(24-25-20(27)28-6)8-7-11-22-19(21-5)23-17-9-12-26(13-10-17)16(3)4;/h15-17H,7-14H2,1-6H3,(H2,21,22,23);1H. The van der Waals surface area contributed by atoms with Gasteiger partial charge in [-0.05, 0) is 45.3 Å². The summed E-state index contributed by atoms with van der Waals surface area (Å²) in [4.78, 5) is 6.95. The van der Waals surface area contributed by atoms with E-state index in [1.165, 1.54) is 12.8 Å². The molecule has 1 aromatic rings. The van der Waals surface area contributed by atoms with Crippen molar-refractivity contribution < 1.29 is 0 Å². The van der Waals surface area contributed by atoms with E-state index in [4.69, 9.17) is 0 Å². The van der Waals surface area contributed by atoms with E-state index >= 15 is 0 Å². The molecule has 168 valence electrons. The molecule has 0 saturated carbocycles. The zero-order chi connectivity index (χ0) is 20.5. The van der Waals surface area contributed by atoms with Crippen LogP contribution in [-0.2, 0) is 13.0 Å².